The lowest BCUT2D eigenvalue weighted by atomic mass is 10.1. The molecule has 0 saturated carbocycles. The Bertz CT molecular complexity index is 531. The highest BCUT2D eigenvalue weighted by Crippen LogP contribution is 2.33. The van der Waals surface area contributed by atoms with Crippen LogP contribution in [-0.2, 0) is 0 Å². The monoisotopic (exact) mass is 292 g/mol. The van der Waals surface area contributed by atoms with Crippen molar-refractivity contribution in [3.8, 4) is 0 Å². The Morgan fingerprint density at radius 2 is 2.15 bits per heavy atom. The average molecular weight is 293 g/mol. The molecule has 0 spiro atoms. The van der Waals surface area contributed by atoms with Gasteiger partial charge >= 0.3 is 0 Å². The molecule has 108 valence electrons. The van der Waals surface area contributed by atoms with Gasteiger partial charge in [0.2, 0.25) is 0 Å². The molecule has 2 fully saturated rings. The van der Waals surface area contributed by atoms with Crippen molar-refractivity contribution < 1.29 is 4.79 Å². The minimum atomic E-state index is 0.0621. The second-order valence-electron chi connectivity index (χ2n) is 6.01. The van der Waals surface area contributed by atoms with Crippen LogP contribution in [0.1, 0.15) is 37.0 Å². The number of carbonyl (C=O) groups is 1. The third kappa shape index (κ3) is 2.45. The molecular weight excluding hydrogens is 272 g/mol. The van der Waals surface area contributed by atoms with E-state index in [2.05, 4.69) is 16.7 Å². The van der Waals surface area contributed by atoms with Crippen molar-refractivity contribution in [1.29, 1.82) is 0 Å². The smallest absolute Gasteiger partial charge is 0.159 e. The second-order valence-corrected chi connectivity index (χ2v) is 6.42. The number of nitrogens with zero attached hydrogens (tertiary/aromatic N) is 2. The van der Waals surface area contributed by atoms with Crippen LogP contribution in [-0.4, -0.2) is 42.4 Å². The summed E-state index contributed by atoms with van der Waals surface area (Å²) in [5, 5.41) is 0.691. The molecule has 2 atom stereocenters. The van der Waals surface area contributed by atoms with E-state index in [4.69, 9.17) is 11.6 Å². The highest BCUT2D eigenvalue weighted by atomic mass is 35.5. The number of carbonyl (C=O) groups excluding carboxylic acids is 1. The molecule has 4 heteroatoms. The van der Waals surface area contributed by atoms with E-state index in [9.17, 15) is 4.79 Å². The van der Waals surface area contributed by atoms with E-state index in [1.54, 1.807) is 13.0 Å². The van der Waals surface area contributed by atoms with Crippen LogP contribution < -0.4 is 4.90 Å². The fraction of sp³-hybridized carbons (Fsp3) is 0.562. The van der Waals surface area contributed by atoms with E-state index >= 15 is 0 Å². The third-order valence-corrected chi connectivity index (χ3v) is 4.90. The molecule has 3 rings (SSSR count). The van der Waals surface area contributed by atoms with E-state index in [0.717, 1.165) is 18.8 Å². The number of piperazine rings is 1. The van der Waals surface area contributed by atoms with Gasteiger partial charge in [-0.05, 0) is 51.4 Å². The average Bonchev–Trinajstić information content (AvgIpc) is 2.84. The van der Waals surface area contributed by atoms with Gasteiger partial charge in [0.25, 0.3) is 0 Å². The molecule has 1 aromatic rings. The summed E-state index contributed by atoms with van der Waals surface area (Å²) in [7, 11) is 0. The van der Waals surface area contributed by atoms with Crippen LogP contribution in [0.4, 0.5) is 5.69 Å². The number of hydrogen-bond acceptors (Lipinski definition) is 3. The van der Waals surface area contributed by atoms with Crippen LogP contribution in [0, 0.1) is 0 Å². The highest BCUT2D eigenvalue weighted by Gasteiger charge is 2.35. The molecule has 0 aromatic heterocycles. The first-order chi connectivity index (χ1) is 9.56. The Hall–Kier alpha value is -1.06. The Morgan fingerprint density at radius 1 is 1.35 bits per heavy atom. The summed E-state index contributed by atoms with van der Waals surface area (Å²) in [6, 6.07) is 6.81. The molecular formula is C16H21ClN2O. The molecule has 0 aliphatic carbocycles. The molecule has 2 unspecified atom stereocenters. The van der Waals surface area contributed by atoms with Gasteiger partial charge in [-0.3, -0.25) is 9.69 Å². The van der Waals surface area contributed by atoms with Crippen molar-refractivity contribution >= 4 is 23.1 Å². The lowest BCUT2D eigenvalue weighted by molar-refractivity contribution is 0.101. The minimum Gasteiger partial charge on any atom is -0.365 e. The molecule has 1 aromatic carbocycles. The fourth-order valence-electron chi connectivity index (χ4n) is 3.48. The van der Waals surface area contributed by atoms with Crippen molar-refractivity contribution in [3.05, 3.63) is 28.8 Å². The van der Waals surface area contributed by atoms with Gasteiger partial charge in [0.15, 0.2) is 5.78 Å². The lowest BCUT2D eigenvalue weighted by Crippen LogP contribution is -2.55. The van der Waals surface area contributed by atoms with Gasteiger partial charge in [-0.15, -0.1) is 0 Å². The summed E-state index contributed by atoms with van der Waals surface area (Å²) < 4.78 is 0. The van der Waals surface area contributed by atoms with Crippen LogP contribution in [0.15, 0.2) is 18.2 Å². The number of benzene rings is 1. The van der Waals surface area contributed by atoms with Crippen LogP contribution in [0.2, 0.25) is 5.02 Å². The Balaban J connectivity index is 1.86. The first-order valence-electron chi connectivity index (χ1n) is 7.37. The zero-order valence-corrected chi connectivity index (χ0v) is 12.9. The maximum absolute atomic E-state index is 11.4. The van der Waals surface area contributed by atoms with Gasteiger partial charge in [-0.25, -0.2) is 0 Å². The molecule has 2 saturated heterocycles. The van der Waals surface area contributed by atoms with Crippen molar-refractivity contribution in [2.45, 2.75) is 38.8 Å². The van der Waals surface area contributed by atoms with Crippen molar-refractivity contribution in [3.63, 3.8) is 0 Å². The van der Waals surface area contributed by atoms with Crippen LogP contribution >= 0.6 is 11.6 Å². The molecule has 2 aliphatic heterocycles. The Labute approximate surface area is 125 Å². The number of fused-ring (bicyclic) bond motifs is 1. The summed E-state index contributed by atoms with van der Waals surface area (Å²) in [4.78, 5) is 16.4. The van der Waals surface area contributed by atoms with Crippen molar-refractivity contribution in [2.75, 3.05) is 24.5 Å². The number of halogens is 1. The number of Topliss-reactive ketones (excluding diaryl/α,β-unsaturated/α-hetero) is 1. The third-order valence-electron chi connectivity index (χ3n) is 4.60. The zero-order chi connectivity index (χ0) is 14.3. The summed E-state index contributed by atoms with van der Waals surface area (Å²) in [5.74, 6) is 0.0621. The van der Waals surface area contributed by atoms with Crippen molar-refractivity contribution in [1.82, 2.24) is 4.90 Å². The zero-order valence-electron chi connectivity index (χ0n) is 12.1. The van der Waals surface area contributed by atoms with E-state index in [1.165, 1.54) is 19.4 Å². The quantitative estimate of drug-likeness (QED) is 0.782. The van der Waals surface area contributed by atoms with Gasteiger partial charge in [0.1, 0.15) is 0 Å². The SMILES string of the molecule is CC(=O)c1ccc(N2CC3CCCN3CC2C)c(Cl)c1. The topological polar surface area (TPSA) is 23.6 Å². The first-order valence-corrected chi connectivity index (χ1v) is 7.75. The number of anilines is 1. The summed E-state index contributed by atoms with van der Waals surface area (Å²) in [5.41, 5.74) is 1.75. The predicted octanol–water partition coefficient (Wildman–Crippen LogP) is 3.22. The van der Waals surface area contributed by atoms with Crippen LogP contribution in [0.25, 0.3) is 0 Å². The molecule has 20 heavy (non-hydrogen) atoms. The summed E-state index contributed by atoms with van der Waals surface area (Å²) in [6.45, 7) is 7.21. The van der Waals surface area contributed by atoms with Gasteiger partial charge in [0.05, 0.1) is 10.7 Å². The molecule has 0 amide bonds. The molecule has 2 aliphatic rings. The number of hydrogen-bond donors (Lipinski definition) is 0. The van der Waals surface area contributed by atoms with Crippen molar-refractivity contribution in [2.24, 2.45) is 0 Å². The molecule has 0 radical (unpaired) electrons. The van der Waals surface area contributed by atoms with Gasteiger partial charge in [0, 0.05) is 30.7 Å². The number of rotatable bonds is 2. The standard InChI is InChI=1S/C16H21ClN2O/c1-11-9-18-7-3-4-14(18)10-19(11)16-6-5-13(12(2)20)8-15(16)17/h5-6,8,11,14H,3-4,7,9-10H2,1-2H3. The molecule has 3 nitrogen and oxygen atoms in total. The van der Waals surface area contributed by atoms with Gasteiger partial charge in [-0.2, -0.15) is 0 Å². The Morgan fingerprint density at radius 3 is 2.85 bits per heavy atom. The van der Waals surface area contributed by atoms with E-state index in [1.807, 2.05) is 12.1 Å². The fourth-order valence-corrected chi connectivity index (χ4v) is 3.77. The molecule has 0 N–H and O–H groups in total. The summed E-state index contributed by atoms with van der Waals surface area (Å²) in [6.07, 6.45) is 2.59. The predicted molar refractivity (Wildman–Crippen MR) is 82.9 cm³/mol. The van der Waals surface area contributed by atoms with Crippen LogP contribution in [0.5, 0.6) is 0 Å². The van der Waals surface area contributed by atoms with E-state index in [0.29, 0.717) is 22.7 Å². The first kappa shape index (κ1) is 13.9. The molecule has 2 heterocycles. The maximum atomic E-state index is 11.4. The highest BCUT2D eigenvalue weighted by molar-refractivity contribution is 6.33. The van der Waals surface area contributed by atoms with E-state index in [-0.39, 0.29) is 5.78 Å². The van der Waals surface area contributed by atoms with Gasteiger partial charge in [-0.1, -0.05) is 11.6 Å². The van der Waals surface area contributed by atoms with Crippen LogP contribution in [0.3, 0.4) is 0 Å². The second kappa shape index (κ2) is 5.38. The minimum absolute atomic E-state index is 0.0621. The maximum Gasteiger partial charge on any atom is 0.159 e. The molecule has 0 bridgehead atoms. The number of ketones is 1. The largest absolute Gasteiger partial charge is 0.365 e. The summed E-state index contributed by atoms with van der Waals surface area (Å²) >= 11 is 6.41. The lowest BCUT2D eigenvalue weighted by Gasteiger charge is -2.44. The van der Waals surface area contributed by atoms with Gasteiger partial charge < -0.3 is 4.90 Å². The van der Waals surface area contributed by atoms with E-state index < -0.39 is 0 Å². The normalized spacial score (nSPS) is 26.6. The Kier molecular flexibility index (Phi) is 3.74.